The number of fused-ring (bicyclic) bond motifs is 1. The van der Waals surface area contributed by atoms with Crippen LogP contribution >= 0.6 is 0 Å². The molecular weight excluding hydrogens is 494 g/mol. The molecule has 1 amide bonds. The number of aromatic nitrogens is 2. The molecule has 36 heavy (non-hydrogen) atoms. The molecule has 0 saturated heterocycles. The van der Waals surface area contributed by atoms with Crippen LogP contribution in [0.1, 0.15) is 21.6 Å². The molecule has 0 saturated carbocycles. The van der Waals surface area contributed by atoms with E-state index in [2.05, 4.69) is 15.5 Å². The van der Waals surface area contributed by atoms with E-state index < -0.39 is 32.5 Å². The number of ether oxygens (including phenoxy) is 1. The first-order chi connectivity index (χ1) is 17.0. The zero-order chi connectivity index (χ0) is 26.0. The number of carbonyl (C=O) groups excluding carboxylic acids is 1. The molecule has 4 rings (SSSR count). The Morgan fingerprint density at radius 2 is 1.94 bits per heavy atom. The van der Waals surface area contributed by atoms with Gasteiger partial charge in [-0.1, -0.05) is 0 Å². The SMILES string of the molecule is CN(C)CCOc1ccc(C(=O)Nc2n[nH]c3c2CN(S(=O)(=O)c2cc(F)cc(F)c2)CC3)c(N)c1. The lowest BCUT2D eigenvalue weighted by molar-refractivity contribution is 0.102. The Balaban J connectivity index is 1.49. The Morgan fingerprint density at radius 1 is 1.22 bits per heavy atom. The molecule has 0 bridgehead atoms. The van der Waals surface area contributed by atoms with Crippen LogP contribution in [0.4, 0.5) is 20.3 Å². The van der Waals surface area contributed by atoms with Crippen molar-refractivity contribution in [3.8, 4) is 5.75 Å². The smallest absolute Gasteiger partial charge is 0.258 e. The second-order valence-corrected chi connectivity index (χ2v) is 10.5. The van der Waals surface area contributed by atoms with Crippen molar-refractivity contribution in [2.45, 2.75) is 17.9 Å². The molecule has 1 aliphatic rings. The molecule has 0 spiro atoms. The maximum absolute atomic E-state index is 13.6. The fourth-order valence-electron chi connectivity index (χ4n) is 3.76. The number of H-pyrrole nitrogens is 1. The van der Waals surface area contributed by atoms with Crippen molar-refractivity contribution in [2.24, 2.45) is 0 Å². The third kappa shape index (κ3) is 5.48. The van der Waals surface area contributed by atoms with Crippen LogP contribution in [-0.4, -0.2) is 67.5 Å². The fraction of sp³-hybridized carbons (Fsp3) is 0.304. The second kappa shape index (κ2) is 10.2. The van der Waals surface area contributed by atoms with Crippen molar-refractivity contribution >= 4 is 27.4 Å². The van der Waals surface area contributed by atoms with E-state index in [4.69, 9.17) is 10.5 Å². The van der Waals surface area contributed by atoms with Gasteiger partial charge in [-0.3, -0.25) is 9.89 Å². The van der Waals surface area contributed by atoms with Crippen molar-refractivity contribution in [2.75, 3.05) is 44.8 Å². The van der Waals surface area contributed by atoms with Crippen LogP contribution in [0, 0.1) is 11.6 Å². The molecule has 0 aliphatic carbocycles. The molecule has 1 aromatic heterocycles. The lowest BCUT2D eigenvalue weighted by atomic mass is 10.1. The number of benzene rings is 2. The van der Waals surface area contributed by atoms with Crippen LogP contribution in [-0.2, 0) is 23.0 Å². The normalized spacial score (nSPS) is 14.0. The van der Waals surface area contributed by atoms with Crippen LogP contribution in [0.5, 0.6) is 5.75 Å². The molecule has 0 fully saturated rings. The van der Waals surface area contributed by atoms with E-state index in [1.54, 1.807) is 12.1 Å². The largest absolute Gasteiger partial charge is 0.492 e. The lowest BCUT2D eigenvalue weighted by Gasteiger charge is -2.26. The molecule has 0 radical (unpaired) electrons. The molecule has 13 heteroatoms. The Hall–Kier alpha value is -3.55. The van der Waals surface area contributed by atoms with Gasteiger partial charge in [0.25, 0.3) is 5.91 Å². The number of carbonyl (C=O) groups is 1. The number of anilines is 2. The van der Waals surface area contributed by atoms with Gasteiger partial charge in [0.1, 0.15) is 24.0 Å². The van der Waals surface area contributed by atoms with E-state index in [-0.39, 0.29) is 36.6 Å². The van der Waals surface area contributed by atoms with E-state index in [0.29, 0.717) is 36.2 Å². The minimum absolute atomic E-state index is 0.0747. The summed E-state index contributed by atoms with van der Waals surface area (Å²) in [5.41, 5.74) is 7.57. The van der Waals surface area contributed by atoms with E-state index in [9.17, 15) is 22.0 Å². The molecule has 1 aliphatic heterocycles. The summed E-state index contributed by atoms with van der Waals surface area (Å²) in [5, 5.41) is 9.59. The number of sulfonamides is 1. The summed E-state index contributed by atoms with van der Waals surface area (Å²) in [5.74, 6) is -1.85. The number of nitrogens with two attached hydrogens (primary N) is 1. The molecule has 2 heterocycles. The molecule has 192 valence electrons. The number of amides is 1. The Labute approximate surface area is 207 Å². The quantitative estimate of drug-likeness (QED) is 0.388. The van der Waals surface area contributed by atoms with Crippen molar-refractivity contribution in [1.82, 2.24) is 19.4 Å². The predicted octanol–water partition coefficient (Wildman–Crippen LogP) is 2.21. The first kappa shape index (κ1) is 25.5. The van der Waals surface area contributed by atoms with Crippen LogP contribution < -0.4 is 15.8 Å². The van der Waals surface area contributed by atoms with Crippen molar-refractivity contribution in [1.29, 1.82) is 0 Å². The first-order valence-corrected chi connectivity index (χ1v) is 12.5. The molecule has 0 unspecified atom stereocenters. The van der Waals surface area contributed by atoms with Gasteiger partial charge in [0.15, 0.2) is 5.82 Å². The number of halogens is 2. The fourth-order valence-corrected chi connectivity index (χ4v) is 5.22. The van der Waals surface area contributed by atoms with Gasteiger partial charge in [-0.05, 0) is 38.4 Å². The molecule has 0 atom stereocenters. The Morgan fingerprint density at radius 3 is 2.61 bits per heavy atom. The third-order valence-corrected chi connectivity index (χ3v) is 7.50. The van der Waals surface area contributed by atoms with E-state index in [0.717, 1.165) is 16.4 Å². The van der Waals surface area contributed by atoms with Crippen molar-refractivity contribution in [3.63, 3.8) is 0 Å². The minimum Gasteiger partial charge on any atom is -0.492 e. The summed E-state index contributed by atoms with van der Waals surface area (Å²) in [6.45, 7) is 1.10. The van der Waals surface area contributed by atoms with Gasteiger partial charge in [0.2, 0.25) is 10.0 Å². The van der Waals surface area contributed by atoms with Gasteiger partial charge < -0.3 is 20.7 Å². The average Bonchev–Trinajstić information content (AvgIpc) is 3.20. The molecule has 2 aromatic carbocycles. The summed E-state index contributed by atoms with van der Waals surface area (Å²) in [4.78, 5) is 14.4. The zero-order valence-corrected chi connectivity index (χ0v) is 20.5. The average molecular weight is 521 g/mol. The standard InChI is InChI=1S/C23H26F2N6O4S/c1-30(2)7-8-35-16-3-4-18(20(26)12-16)23(32)27-22-19-13-31(6-5-21(19)28-29-22)36(33,34)17-10-14(24)9-15(25)11-17/h3-4,9-12H,5-8,13,26H2,1-2H3,(H2,27,28,29,32). The third-order valence-electron chi connectivity index (χ3n) is 5.68. The van der Waals surface area contributed by atoms with Gasteiger partial charge in [-0.15, -0.1) is 0 Å². The number of nitrogens with zero attached hydrogens (tertiary/aromatic N) is 3. The number of rotatable bonds is 8. The monoisotopic (exact) mass is 520 g/mol. The van der Waals surface area contributed by atoms with E-state index in [1.807, 2.05) is 19.0 Å². The van der Waals surface area contributed by atoms with Gasteiger partial charge in [-0.2, -0.15) is 9.40 Å². The number of likely N-dealkylation sites (N-methyl/N-ethyl adjacent to an activating group) is 1. The lowest BCUT2D eigenvalue weighted by Crippen LogP contribution is -2.36. The maximum Gasteiger partial charge on any atom is 0.258 e. The molecular formula is C23H26F2N6O4S. The van der Waals surface area contributed by atoms with Crippen LogP contribution in [0.3, 0.4) is 0 Å². The van der Waals surface area contributed by atoms with Gasteiger partial charge in [0.05, 0.1) is 10.5 Å². The van der Waals surface area contributed by atoms with E-state index in [1.165, 1.54) is 6.07 Å². The number of nitrogens with one attached hydrogen (secondary N) is 2. The Bertz CT molecular complexity index is 1370. The summed E-state index contributed by atoms with van der Waals surface area (Å²) in [6, 6.07) is 6.85. The Kier molecular flexibility index (Phi) is 7.24. The van der Waals surface area contributed by atoms with E-state index >= 15 is 0 Å². The van der Waals surface area contributed by atoms with Crippen LogP contribution in [0.2, 0.25) is 0 Å². The van der Waals surface area contributed by atoms with Gasteiger partial charge in [-0.25, -0.2) is 17.2 Å². The molecule has 4 N–H and O–H groups in total. The molecule has 3 aromatic rings. The minimum atomic E-state index is -4.19. The summed E-state index contributed by atoms with van der Waals surface area (Å²) < 4.78 is 60.0. The van der Waals surface area contributed by atoms with Crippen LogP contribution in [0.15, 0.2) is 41.3 Å². The number of hydrogen-bond acceptors (Lipinski definition) is 7. The summed E-state index contributed by atoms with van der Waals surface area (Å²) >= 11 is 0. The van der Waals surface area contributed by atoms with Gasteiger partial charge in [0, 0.05) is 55.1 Å². The topological polar surface area (TPSA) is 134 Å². The highest BCUT2D eigenvalue weighted by molar-refractivity contribution is 7.89. The van der Waals surface area contributed by atoms with Crippen LogP contribution in [0.25, 0.3) is 0 Å². The highest BCUT2D eigenvalue weighted by Crippen LogP contribution is 2.29. The highest BCUT2D eigenvalue weighted by atomic mass is 32.2. The zero-order valence-electron chi connectivity index (χ0n) is 19.7. The number of hydrogen-bond donors (Lipinski definition) is 3. The molecule has 10 nitrogen and oxygen atoms in total. The number of nitrogen functional groups attached to an aromatic ring is 1. The van der Waals surface area contributed by atoms with Crippen molar-refractivity contribution < 1.29 is 26.7 Å². The summed E-state index contributed by atoms with van der Waals surface area (Å²) in [6.07, 6.45) is 0.274. The predicted molar refractivity (Wildman–Crippen MR) is 129 cm³/mol. The maximum atomic E-state index is 13.6. The summed E-state index contributed by atoms with van der Waals surface area (Å²) in [7, 11) is -0.337. The van der Waals surface area contributed by atoms with Crippen molar-refractivity contribution in [3.05, 3.63) is 64.9 Å². The van der Waals surface area contributed by atoms with Gasteiger partial charge >= 0.3 is 0 Å². The second-order valence-electron chi connectivity index (χ2n) is 8.58. The number of aromatic amines is 1. The highest BCUT2D eigenvalue weighted by Gasteiger charge is 2.32. The first-order valence-electron chi connectivity index (χ1n) is 11.1.